The van der Waals surface area contributed by atoms with Crippen LogP contribution in [-0.2, 0) is 21.0 Å². The molecule has 2 aromatic carbocycles. The first kappa shape index (κ1) is 28.7. The summed E-state index contributed by atoms with van der Waals surface area (Å²) in [6, 6.07) is 8.87. The van der Waals surface area contributed by atoms with Crippen LogP contribution in [0.5, 0.6) is 11.5 Å². The predicted molar refractivity (Wildman–Crippen MR) is 155 cm³/mol. The molecule has 0 amide bonds. The molecular weight excluding hydrogens is 621 g/mol. The van der Waals surface area contributed by atoms with Gasteiger partial charge in [0.25, 0.3) is 0 Å². The third-order valence-electron chi connectivity index (χ3n) is 7.43. The van der Waals surface area contributed by atoms with Crippen LogP contribution in [0.3, 0.4) is 0 Å². The van der Waals surface area contributed by atoms with Gasteiger partial charge in [0.1, 0.15) is 13.2 Å². The van der Waals surface area contributed by atoms with Crippen LogP contribution >= 0.6 is 39.1 Å². The van der Waals surface area contributed by atoms with E-state index in [4.69, 9.17) is 32.7 Å². The van der Waals surface area contributed by atoms with E-state index in [0.29, 0.717) is 99.3 Å². The third-order valence-corrected chi connectivity index (χ3v) is 8.61. The molecule has 2 aliphatic carbocycles. The number of halogens is 3. The fourth-order valence-corrected chi connectivity index (χ4v) is 6.86. The summed E-state index contributed by atoms with van der Waals surface area (Å²) >= 11 is 16.0. The molecule has 0 unspecified atom stereocenters. The molecule has 3 aliphatic rings. The Morgan fingerprint density at radius 1 is 1.00 bits per heavy atom. The standard InChI is InChI=1S/C30H28BrCl2NO6/c1-2-39-25-12-17(11-19(31)30(25)40-15-16-9-10-18(32)13-20(16)33)27-28-21(5-3-7-23(28)35)34(14-26(37)38)22-6-4-8-24(36)29(22)27/h9-13,27H,2-8,14-15H2,1H3,(H,37,38). The maximum atomic E-state index is 13.4. The fourth-order valence-electron chi connectivity index (χ4n) is 5.82. The second-order valence-electron chi connectivity index (χ2n) is 9.97. The lowest BCUT2D eigenvalue weighted by Crippen LogP contribution is -2.41. The van der Waals surface area contributed by atoms with Gasteiger partial charge in [0.05, 0.1) is 11.1 Å². The number of Topliss-reactive ketones (excluding diaryl/α,β-unsaturated/α-hetero) is 2. The van der Waals surface area contributed by atoms with Gasteiger partial charge in [-0.2, -0.15) is 0 Å². The van der Waals surface area contributed by atoms with Crippen molar-refractivity contribution in [3.8, 4) is 11.5 Å². The van der Waals surface area contributed by atoms with E-state index >= 15 is 0 Å². The van der Waals surface area contributed by atoms with Crippen molar-refractivity contribution in [1.29, 1.82) is 0 Å². The van der Waals surface area contributed by atoms with Crippen LogP contribution in [0.2, 0.25) is 10.0 Å². The summed E-state index contributed by atoms with van der Waals surface area (Å²) in [4.78, 5) is 40.4. The van der Waals surface area contributed by atoms with Crippen molar-refractivity contribution in [3.05, 3.63) is 78.5 Å². The Hall–Kier alpha value is -2.81. The van der Waals surface area contributed by atoms with E-state index in [0.717, 1.165) is 5.56 Å². The maximum absolute atomic E-state index is 13.4. The number of ketones is 2. The molecule has 10 heteroatoms. The average Bonchev–Trinajstić information content (AvgIpc) is 2.90. The van der Waals surface area contributed by atoms with Gasteiger partial charge in [-0.15, -0.1) is 0 Å². The summed E-state index contributed by atoms with van der Waals surface area (Å²) in [5, 5.41) is 10.7. The highest BCUT2D eigenvalue weighted by atomic mass is 79.9. The van der Waals surface area contributed by atoms with Crippen molar-refractivity contribution in [2.24, 2.45) is 0 Å². The monoisotopic (exact) mass is 647 g/mol. The van der Waals surface area contributed by atoms with E-state index in [2.05, 4.69) is 15.9 Å². The summed E-state index contributed by atoms with van der Waals surface area (Å²) < 4.78 is 12.7. The molecule has 2 aromatic rings. The number of hydrogen-bond donors (Lipinski definition) is 1. The van der Waals surface area contributed by atoms with Gasteiger partial charge < -0.3 is 19.5 Å². The molecule has 0 bridgehead atoms. The van der Waals surface area contributed by atoms with Crippen molar-refractivity contribution < 1.29 is 29.0 Å². The Labute approximate surface area is 250 Å². The number of carboxylic acid groups (broad SMARTS) is 1. The lowest BCUT2D eigenvalue weighted by Gasteiger charge is -2.43. The van der Waals surface area contributed by atoms with Crippen molar-refractivity contribution in [3.63, 3.8) is 0 Å². The third kappa shape index (κ3) is 5.54. The first-order valence-electron chi connectivity index (χ1n) is 13.2. The second-order valence-corrected chi connectivity index (χ2v) is 11.7. The zero-order chi connectivity index (χ0) is 28.6. The Morgan fingerprint density at radius 2 is 1.65 bits per heavy atom. The summed E-state index contributed by atoms with van der Waals surface area (Å²) in [5.74, 6) is -0.798. The highest BCUT2D eigenvalue weighted by Crippen LogP contribution is 2.51. The Kier molecular flexibility index (Phi) is 8.59. The smallest absolute Gasteiger partial charge is 0.323 e. The number of carboxylic acids is 1. The van der Waals surface area contributed by atoms with Gasteiger partial charge in [-0.05, 0) is 78.4 Å². The van der Waals surface area contributed by atoms with Crippen LogP contribution in [-0.4, -0.2) is 40.7 Å². The van der Waals surface area contributed by atoms with Gasteiger partial charge in [-0.3, -0.25) is 14.4 Å². The molecule has 1 N–H and O–H groups in total. The van der Waals surface area contributed by atoms with Crippen LogP contribution in [0.4, 0.5) is 0 Å². The molecule has 0 fully saturated rings. The zero-order valence-electron chi connectivity index (χ0n) is 21.9. The number of nitrogens with zero attached hydrogens (tertiary/aromatic N) is 1. The van der Waals surface area contributed by atoms with Crippen LogP contribution in [0, 0.1) is 0 Å². The van der Waals surface area contributed by atoms with Gasteiger partial charge in [0.2, 0.25) is 0 Å². The lowest BCUT2D eigenvalue weighted by molar-refractivity contribution is -0.138. The minimum absolute atomic E-state index is 0.0571. The highest BCUT2D eigenvalue weighted by molar-refractivity contribution is 9.10. The maximum Gasteiger partial charge on any atom is 0.323 e. The summed E-state index contributed by atoms with van der Waals surface area (Å²) in [5.41, 5.74) is 3.91. The van der Waals surface area contributed by atoms with Crippen LogP contribution < -0.4 is 9.47 Å². The minimum atomic E-state index is -1.00. The SMILES string of the molecule is CCOc1cc(C2C3=C(CCCC3=O)N(CC(=O)O)C3=C2C(=O)CCC3)cc(Br)c1OCc1ccc(Cl)cc1Cl. The molecule has 5 rings (SSSR count). The number of ether oxygens (including phenoxy) is 2. The van der Waals surface area contributed by atoms with Gasteiger partial charge in [0, 0.05) is 56.9 Å². The van der Waals surface area contributed by atoms with E-state index in [1.54, 1.807) is 23.1 Å². The lowest BCUT2D eigenvalue weighted by atomic mass is 9.71. The molecule has 0 spiro atoms. The van der Waals surface area contributed by atoms with Crippen molar-refractivity contribution >= 4 is 56.7 Å². The van der Waals surface area contributed by atoms with Crippen LogP contribution in [0.15, 0.2) is 57.3 Å². The quantitative estimate of drug-likeness (QED) is 0.323. The summed E-state index contributed by atoms with van der Waals surface area (Å²) in [6.45, 7) is 2.12. The average molecular weight is 649 g/mol. The second kappa shape index (κ2) is 12.0. The number of allylic oxidation sites excluding steroid dienone is 4. The molecule has 210 valence electrons. The largest absolute Gasteiger partial charge is 0.490 e. The highest BCUT2D eigenvalue weighted by Gasteiger charge is 2.44. The predicted octanol–water partition coefficient (Wildman–Crippen LogP) is 7.23. The van der Waals surface area contributed by atoms with Crippen molar-refractivity contribution in [1.82, 2.24) is 4.90 Å². The molecule has 1 heterocycles. The van der Waals surface area contributed by atoms with E-state index < -0.39 is 11.9 Å². The van der Waals surface area contributed by atoms with E-state index in [-0.39, 0.29) is 24.7 Å². The van der Waals surface area contributed by atoms with Gasteiger partial charge in [-0.1, -0.05) is 29.3 Å². The number of aliphatic carboxylic acids is 1. The van der Waals surface area contributed by atoms with Gasteiger partial charge in [0.15, 0.2) is 23.1 Å². The first-order chi connectivity index (χ1) is 19.2. The molecule has 0 saturated heterocycles. The van der Waals surface area contributed by atoms with Crippen molar-refractivity contribution in [2.75, 3.05) is 13.2 Å². The topological polar surface area (TPSA) is 93.1 Å². The molecule has 1 aliphatic heterocycles. The summed E-state index contributed by atoms with van der Waals surface area (Å²) in [7, 11) is 0. The van der Waals surface area contributed by atoms with E-state index in [9.17, 15) is 19.5 Å². The van der Waals surface area contributed by atoms with E-state index in [1.165, 1.54) is 0 Å². The number of carbonyl (C=O) groups excluding carboxylic acids is 2. The molecule has 7 nitrogen and oxygen atoms in total. The summed E-state index contributed by atoms with van der Waals surface area (Å²) in [6.07, 6.45) is 3.16. The number of carbonyl (C=O) groups is 3. The first-order valence-corrected chi connectivity index (χ1v) is 14.8. The van der Waals surface area contributed by atoms with Crippen LogP contribution in [0.25, 0.3) is 0 Å². The van der Waals surface area contributed by atoms with Gasteiger partial charge >= 0.3 is 5.97 Å². The molecular formula is C30H28BrCl2NO6. The Balaban J connectivity index is 1.61. The molecule has 40 heavy (non-hydrogen) atoms. The van der Waals surface area contributed by atoms with Crippen molar-refractivity contribution in [2.45, 2.75) is 58.0 Å². The number of benzene rings is 2. The Bertz CT molecular complexity index is 1420. The number of rotatable bonds is 8. The normalized spacial score (nSPS) is 17.6. The zero-order valence-corrected chi connectivity index (χ0v) is 25.0. The van der Waals surface area contributed by atoms with Gasteiger partial charge in [-0.25, -0.2) is 0 Å². The molecule has 0 atom stereocenters. The minimum Gasteiger partial charge on any atom is -0.490 e. The molecule has 0 radical (unpaired) electrons. The molecule has 0 saturated carbocycles. The van der Waals surface area contributed by atoms with E-state index in [1.807, 2.05) is 19.1 Å². The Morgan fingerprint density at radius 3 is 2.23 bits per heavy atom. The molecule has 0 aromatic heterocycles. The number of hydrogen-bond acceptors (Lipinski definition) is 6. The van der Waals surface area contributed by atoms with Crippen LogP contribution in [0.1, 0.15) is 62.5 Å². The fraction of sp³-hybridized carbons (Fsp3) is 0.367.